The molecule has 2 heterocycles. The number of carbonyl (C=O) groups excluding carboxylic acids is 1. The molecule has 0 saturated heterocycles. The van der Waals surface area contributed by atoms with E-state index in [-0.39, 0.29) is 5.91 Å². The average Bonchev–Trinajstić information content (AvgIpc) is 3.25. The van der Waals surface area contributed by atoms with E-state index in [4.69, 9.17) is 9.47 Å². The molecule has 2 aromatic carbocycles. The molecule has 1 aromatic heterocycles. The molecule has 0 fully saturated rings. The second kappa shape index (κ2) is 7.86. The molecule has 0 saturated carbocycles. The van der Waals surface area contributed by atoms with Gasteiger partial charge in [0.05, 0.1) is 0 Å². The van der Waals surface area contributed by atoms with E-state index < -0.39 is 6.04 Å². The standard InChI is InChI=1S/C19H19N5O3/c25-19(20-12-15-6-7-17-18(11-15)27-9-8-26-17)16(24-13-21-22-23-24)10-14-4-2-1-3-5-14/h1-7,11,13,16H,8-10,12H2,(H,20,25)/t16-/m1/s1. The highest BCUT2D eigenvalue weighted by molar-refractivity contribution is 5.80. The number of nitrogens with zero attached hydrogens (tertiary/aromatic N) is 4. The Bertz CT molecular complexity index is 899. The van der Waals surface area contributed by atoms with E-state index in [1.165, 1.54) is 11.0 Å². The average molecular weight is 365 g/mol. The summed E-state index contributed by atoms with van der Waals surface area (Å²) in [6, 6.07) is 14.9. The molecule has 0 unspecified atom stereocenters. The summed E-state index contributed by atoms with van der Waals surface area (Å²) in [6.07, 6.45) is 1.95. The second-order valence-corrected chi connectivity index (χ2v) is 6.19. The van der Waals surface area contributed by atoms with Gasteiger partial charge in [0.25, 0.3) is 0 Å². The highest BCUT2D eigenvalue weighted by atomic mass is 16.6. The molecule has 0 bridgehead atoms. The van der Waals surface area contributed by atoms with Crippen molar-refractivity contribution in [3.8, 4) is 11.5 Å². The molecule has 138 valence electrons. The molecule has 1 aliphatic heterocycles. The van der Waals surface area contributed by atoms with E-state index in [1.807, 2.05) is 48.5 Å². The fourth-order valence-electron chi connectivity index (χ4n) is 2.96. The van der Waals surface area contributed by atoms with Crippen molar-refractivity contribution < 1.29 is 14.3 Å². The summed E-state index contributed by atoms with van der Waals surface area (Å²) < 4.78 is 12.6. The van der Waals surface area contributed by atoms with Crippen molar-refractivity contribution in [3.05, 3.63) is 66.0 Å². The molecule has 0 radical (unpaired) electrons. The summed E-state index contributed by atoms with van der Waals surface area (Å²) in [5.74, 6) is 1.28. The number of tetrazole rings is 1. The number of carbonyl (C=O) groups is 1. The topological polar surface area (TPSA) is 91.2 Å². The first-order valence-electron chi connectivity index (χ1n) is 8.72. The fraction of sp³-hybridized carbons (Fsp3) is 0.263. The van der Waals surface area contributed by atoms with Crippen molar-refractivity contribution in [1.82, 2.24) is 25.5 Å². The van der Waals surface area contributed by atoms with Crippen LogP contribution in [0.2, 0.25) is 0 Å². The van der Waals surface area contributed by atoms with E-state index in [0.29, 0.717) is 31.9 Å². The Balaban J connectivity index is 1.45. The number of hydrogen-bond donors (Lipinski definition) is 1. The van der Waals surface area contributed by atoms with Crippen LogP contribution in [0.15, 0.2) is 54.9 Å². The van der Waals surface area contributed by atoms with Gasteiger partial charge in [0.15, 0.2) is 11.5 Å². The van der Waals surface area contributed by atoms with E-state index in [0.717, 1.165) is 16.9 Å². The molecule has 1 aliphatic rings. The molecule has 1 atom stereocenters. The molecule has 0 spiro atoms. The highest BCUT2D eigenvalue weighted by Crippen LogP contribution is 2.30. The van der Waals surface area contributed by atoms with Crippen molar-refractivity contribution in [2.24, 2.45) is 0 Å². The molecule has 4 rings (SSSR count). The van der Waals surface area contributed by atoms with Crippen LogP contribution in [-0.2, 0) is 17.8 Å². The van der Waals surface area contributed by atoms with E-state index >= 15 is 0 Å². The Hall–Kier alpha value is -3.42. The number of rotatable bonds is 6. The molecular formula is C19H19N5O3. The van der Waals surface area contributed by atoms with Crippen LogP contribution in [0, 0.1) is 0 Å². The van der Waals surface area contributed by atoms with Crippen LogP contribution in [0.1, 0.15) is 17.2 Å². The Morgan fingerprint density at radius 1 is 1.07 bits per heavy atom. The maximum Gasteiger partial charge on any atom is 0.245 e. The van der Waals surface area contributed by atoms with Gasteiger partial charge in [-0.3, -0.25) is 4.79 Å². The summed E-state index contributed by atoms with van der Waals surface area (Å²) in [5.41, 5.74) is 1.97. The number of benzene rings is 2. The minimum Gasteiger partial charge on any atom is -0.486 e. The lowest BCUT2D eigenvalue weighted by atomic mass is 10.1. The molecule has 8 nitrogen and oxygen atoms in total. The highest BCUT2D eigenvalue weighted by Gasteiger charge is 2.22. The monoisotopic (exact) mass is 365 g/mol. The largest absolute Gasteiger partial charge is 0.486 e. The minimum absolute atomic E-state index is 0.152. The van der Waals surface area contributed by atoms with Crippen molar-refractivity contribution in [2.75, 3.05) is 13.2 Å². The first-order valence-corrected chi connectivity index (χ1v) is 8.72. The Morgan fingerprint density at radius 3 is 2.67 bits per heavy atom. The van der Waals surface area contributed by atoms with Gasteiger partial charge in [-0.25, -0.2) is 4.68 Å². The summed E-state index contributed by atoms with van der Waals surface area (Å²) in [5, 5.41) is 14.2. The lowest BCUT2D eigenvalue weighted by molar-refractivity contribution is -0.124. The maximum absolute atomic E-state index is 12.8. The van der Waals surface area contributed by atoms with Gasteiger partial charge < -0.3 is 14.8 Å². The smallest absolute Gasteiger partial charge is 0.245 e. The fourth-order valence-corrected chi connectivity index (χ4v) is 2.96. The molecule has 1 N–H and O–H groups in total. The molecule has 27 heavy (non-hydrogen) atoms. The van der Waals surface area contributed by atoms with Gasteiger partial charge in [0.1, 0.15) is 25.6 Å². The molecule has 3 aromatic rings. The minimum atomic E-state index is -0.528. The zero-order valence-electron chi connectivity index (χ0n) is 14.6. The first kappa shape index (κ1) is 17.0. The van der Waals surface area contributed by atoms with Crippen LogP contribution < -0.4 is 14.8 Å². The summed E-state index contributed by atoms with van der Waals surface area (Å²) in [6.45, 7) is 1.46. The predicted molar refractivity (Wildman–Crippen MR) is 96.3 cm³/mol. The van der Waals surface area contributed by atoms with Crippen LogP contribution in [0.5, 0.6) is 11.5 Å². The number of nitrogens with one attached hydrogen (secondary N) is 1. The van der Waals surface area contributed by atoms with E-state index in [9.17, 15) is 4.79 Å². The van der Waals surface area contributed by atoms with Gasteiger partial charge in [0.2, 0.25) is 5.91 Å². The van der Waals surface area contributed by atoms with Gasteiger partial charge in [-0.2, -0.15) is 0 Å². The van der Waals surface area contributed by atoms with Crippen LogP contribution in [0.25, 0.3) is 0 Å². The van der Waals surface area contributed by atoms with Crippen molar-refractivity contribution in [1.29, 1.82) is 0 Å². The normalized spacial score (nSPS) is 13.8. The Morgan fingerprint density at radius 2 is 1.89 bits per heavy atom. The van der Waals surface area contributed by atoms with Crippen LogP contribution in [0.4, 0.5) is 0 Å². The number of fused-ring (bicyclic) bond motifs is 1. The lowest BCUT2D eigenvalue weighted by Gasteiger charge is -2.19. The summed E-state index contributed by atoms with van der Waals surface area (Å²) in [7, 11) is 0. The zero-order valence-corrected chi connectivity index (χ0v) is 14.6. The van der Waals surface area contributed by atoms with E-state index in [2.05, 4.69) is 20.8 Å². The van der Waals surface area contributed by atoms with Gasteiger partial charge in [0, 0.05) is 13.0 Å². The zero-order chi connectivity index (χ0) is 18.5. The molecule has 8 heteroatoms. The molecular weight excluding hydrogens is 346 g/mol. The van der Waals surface area contributed by atoms with Crippen LogP contribution >= 0.6 is 0 Å². The second-order valence-electron chi connectivity index (χ2n) is 6.19. The van der Waals surface area contributed by atoms with Gasteiger partial charge in [-0.1, -0.05) is 36.4 Å². The first-order chi connectivity index (χ1) is 13.3. The van der Waals surface area contributed by atoms with Gasteiger partial charge >= 0.3 is 0 Å². The van der Waals surface area contributed by atoms with Gasteiger partial charge in [-0.05, 0) is 33.7 Å². The third-order valence-corrected chi connectivity index (χ3v) is 4.33. The maximum atomic E-state index is 12.8. The predicted octanol–water partition coefficient (Wildman–Crippen LogP) is 1.54. The summed E-state index contributed by atoms with van der Waals surface area (Å²) in [4.78, 5) is 12.8. The molecule has 0 aliphatic carbocycles. The Kier molecular flexibility index (Phi) is 4.95. The van der Waals surface area contributed by atoms with E-state index in [1.54, 1.807) is 0 Å². The number of amides is 1. The molecule has 1 amide bonds. The number of ether oxygens (including phenoxy) is 2. The number of hydrogen-bond acceptors (Lipinski definition) is 6. The Labute approximate surface area is 156 Å². The third kappa shape index (κ3) is 4.05. The third-order valence-electron chi connectivity index (χ3n) is 4.33. The summed E-state index contributed by atoms with van der Waals surface area (Å²) >= 11 is 0. The van der Waals surface area contributed by atoms with Crippen molar-refractivity contribution in [3.63, 3.8) is 0 Å². The number of aromatic nitrogens is 4. The van der Waals surface area contributed by atoms with Crippen LogP contribution in [-0.4, -0.2) is 39.3 Å². The van der Waals surface area contributed by atoms with Gasteiger partial charge in [-0.15, -0.1) is 5.10 Å². The van der Waals surface area contributed by atoms with Crippen molar-refractivity contribution in [2.45, 2.75) is 19.0 Å². The quantitative estimate of drug-likeness (QED) is 0.713. The SMILES string of the molecule is O=C(NCc1ccc2c(c1)OCCO2)[C@@H](Cc1ccccc1)n1cnnn1. The van der Waals surface area contributed by atoms with Crippen molar-refractivity contribution >= 4 is 5.91 Å². The lowest BCUT2D eigenvalue weighted by Crippen LogP contribution is -2.34. The van der Waals surface area contributed by atoms with Crippen LogP contribution in [0.3, 0.4) is 0 Å².